The molecule has 0 fully saturated rings. The molecule has 0 unspecified atom stereocenters. The van der Waals surface area contributed by atoms with Gasteiger partial charge in [0.1, 0.15) is 15.8 Å². The fourth-order valence-corrected chi connectivity index (χ4v) is 3.49. The fraction of sp³-hybridized carbons (Fsp3) is 0.500. The Labute approximate surface area is 154 Å². The van der Waals surface area contributed by atoms with Crippen LogP contribution in [0, 0.1) is 5.41 Å². The number of allylic oxidation sites excluding steroid dienone is 3. The minimum atomic E-state index is -1.12. The van der Waals surface area contributed by atoms with Gasteiger partial charge >= 0.3 is 0 Å². The van der Waals surface area contributed by atoms with Gasteiger partial charge in [0.15, 0.2) is 0 Å². The van der Waals surface area contributed by atoms with E-state index in [1.54, 1.807) is 12.1 Å². The van der Waals surface area contributed by atoms with E-state index in [0.717, 1.165) is 11.1 Å². The quantitative estimate of drug-likeness (QED) is 0.554. The molecular weight excluding hydrogens is 343 g/mol. The van der Waals surface area contributed by atoms with Gasteiger partial charge in [0.25, 0.3) is 0 Å². The highest BCUT2D eigenvalue weighted by molar-refractivity contribution is 6.50. The molecule has 0 saturated carbocycles. The van der Waals surface area contributed by atoms with Crippen LogP contribution in [0.25, 0.3) is 5.57 Å². The topological polar surface area (TPSA) is 40.5 Å². The van der Waals surface area contributed by atoms with E-state index >= 15 is 0 Å². The predicted molar refractivity (Wildman–Crippen MR) is 103 cm³/mol. The van der Waals surface area contributed by atoms with Crippen molar-refractivity contribution in [2.45, 2.75) is 57.7 Å². The van der Waals surface area contributed by atoms with E-state index < -0.39 is 4.33 Å². The number of benzene rings is 1. The van der Waals surface area contributed by atoms with E-state index in [4.69, 9.17) is 23.2 Å². The molecule has 1 aromatic carbocycles. The Balaban J connectivity index is 2.71. The number of halogens is 2. The third-order valence-electron chi connectivity index (χ3n) is 4.35. The van der Waals surface area contributed by atoms with Crippen molar-refractivity contribution >= 4 is 28.8 Å². The summed E-state index contributed by atoms with van der Waals surface area (Å²) in [5.41, 5.74) is 2.12. The maximum atomic E-state index is 10.9. The van der Waals surface area contributed by atoms with Gasteiger partial charge in [-0.15, -0.1) is 0 Å². The smallest absolute Gasteiger partial charge is 0.141 e. The molecule has 0 amide bonds. The molecule has 2 nitrogen and oxygen atoms in total. The van der Waals surface area contributed by atoms with Gasteiger partial charge in [-0.1, -0.05) is 82.9 Å². The molecule has 1 aromatic rings. The second-order valence-electron chi connectivity index (χ2n) is 8.52. The molecular formula is C20H26Cl2O2. The number of para-hydroxylation sites is 1. The van der Waals surface area contributed by atoms with E-state index in [1.807, 2.05) is 53.7 Å². The maximum Gasteiger partial charge on any atom is 0.141 e. The van der Waals surface area contributed by atoms with Crippen molar-refractivity contribution in [3.05, 3.63) is 46.7 Å². The number of aliphatic hydroxyl groups excluding tert-OH is 1. The molecule has 2 N–H and O–H groups in total. The molecule has 2 rings (SSSR count). The molecule has 0 radical (unpaired) electrons. The highest BCUT2D eigenvalue weighted by Gasteiger charge is 2.37. The predicted octanol–water partition coefficient (Wildman–Crippen LogP) is 6.51. The Morgan fingerprint density at radius 2 is 1.54 bits per heavy atom. The standard InChI is InChI=1S/C20H26Cl2O2/c1-18(2,3)14-9-7-8-12(16(14)23)13-10-20(21,22)11-15(17(13)24)19(4,5)6/h7-10,23-24H,11H2,1-6H3. The first-order valence-electron chi connectivity index (χ1n) is 8.10. The maximum absolute atomic E-state index is 10.9. The van der Waals surface area contributed by atoms with Crippen LogP contribution in [0.2, 0.25) is 0 Å². The van der Waals surface area contributed by atoms with Crippen molar-refractivity contribution in [2.24, 2.45) is 5.41 Å². The van der Waals surface area contributed by atoms with Gasteiger partial charge in [0.05, 0.1) is 0 Å². The summed E-state index contributed by atoms with van der Waals surface area (Å²) in [6.07, 6.45) is 1.98. The minimum absolute atomic E-state index is 0.154. The first-order chi connectivity index (χ1) is 10.7. The Morgan fingerprint density at radius 3 is 2.04 bits per heavy atom. The van der Waals surface area contributed by atoms with Crippen molar-refractivity contribution in [2.75, 3.05) is 0 Å². The van der Waals surface area contributed by atoms with Gasteiger partial charge < -0.3 is 10.2 Å². The van der Waals surface area contributed by atoms with Crippen LogP contribution in [-0.4, -0.2) is 14.5 Å². The summed E-state index contributed by atoms with van der Waals surface area (Å²) in [6, 6.07) is 5.55. The van der Waals surface area contributed by atoms with Crippen LogP contribution in [0.5, 0.6) is 5.75 Å². The van der Waals surface area contributed by atoms with E-state index in [2.05, 4.69) is 0 Å². The lowest BCUT2D eigenvalue weighted by atomic mass is 9.77. The summed E-state index contributed by atoms with van der Waals surface area (Å²) in [6.45, 7) is 12.1. The van der Waals surface area contributed by atoms with Crippen LogP contribution in [-0.2, 0) is 5.41 Å². The van der Waals surface area contributed by atoms with E-state index in [-0.39, 0.29) is 22.3 Å². The van der Waals surface area contributed by atoms with Crippen molar-refractivity contribution in [3.8, 4) is 5.75 Å². The minimum Gasteiger partial charge on any atom is -0.507 e. The highest BCUT2D eigenvalue weighted by atomic mass is 35.5. The Morgan fingerprint density at radius 1 is 0.958 bits per heavy atom. The first-order valence-corrected chi connectivity index (χ1v) is 8.86. The largest absolute Gasteiger partial charge is 0.507 e. The number of hydrogen-bond acceptors (Lipinski definition) is 2. The lowest BCUT2D eigenvalue weighted by molar-refractivity contribution is 0.379. The second kappa shape index (κ2) is 6.00. The third kappa shape index (κ3) is 3.75. The molecule has 0 spiro atoms. The van der Waals surface area contributed by atoms with E-state index in [9.17, 15) is 10.2 Å². The summed E-state index contributed by atoms with van der Waals surface area (Å²) >= 11 is 12.9. The Bertz CT molecular complexity index is 714. The number of hydrogen-bond donors (Lipinski definition) is 2. The molecule has 132 valence electrons. The SMILES string of the molecule is CC(C)(C)C1=C(O)C(c2cccc(C(C)(C)C)c2O)=CC(Cl)(Cl)C1. The number of phenols is 1. The van der Waals surface area contributed by atoms with Crippen LogP contribution in [0.4, 0.5) is 0 Å². The number of rotatable bonds is 1. The Hall–Kier alpha value is -1.12. The zero-order chi connectivity index (χ0) is 18.5. The molecule has 0 heterocycles. The van der Waals surface area contributed by atoms with Gasteiger partial charge in [0.2, 0.25) is 0 Å². The van der Waals surface area contributed by atoms with Gasteiger partial charge in [-0.25, -0.2) is 0 Å². The second-order valence-corrected chi connectivity index (χ2v) is 10.1. The third-order valence-corrected chi connectivity index (χ3v) is 4.83. The van der Waals surface area contributed by atoms with Crippen LogP contribution in [0.15, 0.2) is 35.6 Å². The molecule has 4 heteroatoms. The molecule has 24 heavy (non-hydrogen) atoms. The molecule has 0 aliphatic heterocycles. The van der Waals surface area contributed by atoms with Gasteiger partial charge in [-0.05, 0) is 28.0 Å². The summed E-state index contributed by atoms with van der Waals surface area (Å²) in [5.74, 6) is 0.308. The lowest BCUT2D eigenvalue weighted by Gasteiger charge is -2.33. The van der Waals surface area contributed by atoms with Crippen molar-refractivity contribution < 1.29 is 10.2 Å². The zero-order valence-electron chi connectivity index (χ0n) is 15.2. The monoisotopic (exact) mass is 368 g/mol. The Kier molecular flexibility index (Phi) is 4.80. The summed E-state index contributed by atoms with van der Waals surface area (Å²) in [5, 5.41) is 21.6. The van der Waals surface area contributed by atoms with E-state index in [1.165, 1.54) is 0 Å². The van der Waals surface area contributed by atoms with Crippen molar-refractivity contribution in [1.29, 1.82) is 0 Å². The number of phenolic OH excluding ortho intramolecular Hbond substituents is 1. The molecule has 0 saturated heterocycles. The summed E-state index contributed by atoms with van der Waals surface area (Å²) in [7, 11) is 0. The van der Waals surface area contributed by atoms with Gasteiger partial charge in [0, 0.05) is 17.6 Å². The molecule has 0 aromatic heterocycles. The molecule has 0 atom stereocenters. The average molecular weight is 369 g/mol. The molecule has 1 aliphatic carbocycles. The van der Waals surface area contributed by atoms with Crippen molar-refractivity contribution in [3.63, 3.8) is 0 Å². The van der Waals surface area contributed by atoms with Crippen LogP contribution < -0.4 is 0 Å². The molecule has 1 aliphatic rings. The highest BCUT2D eigenvalue weighted by Crippen LogP contribution is 2.49. The van der Waals surface area contributed by atoms with Gasteiger partial charge in [-0.3, -0.25) is 0 Å². The number of aromatic hydroxyl groups is 1. The van der Waals surface area contributed by atoms with Crippen LogP contribution >= 0.6 is 23.2 Å². The number of aliphatic hydroxyl groups is 1. The van der Waals surface area contributed by atoms with Gasteiger partial charge in [-0.2, -0.15) is 0 Å². The first kappa shape index (κ1) is 19.2. The number of alkyl halides is 2. The summed E-state index contributed by atoms with van der Waals surface area (Å²) < 4.78 is -1.12. The fourth-order valence-electron chi connectivity index (χ4n) is 3.00. The van der Waals surface area contributed by atoms with Crippen molar-refractivity contribution in [1.82, 2.24) is 0 Å². The average Bonchev–Trinajstić information content (AvgIpc) is 2.39. The van der Waals surface area contributed by atoms with E-state index in [0.29, 0.717) is 17.6 Å². The lowest BCUT2D eigenvalue weighted by Crippen LogP contribution is -2.24. The van der Waals surface area contributed by atoms with Crippen LogP contribution in [0.1, 0.15) is 59.1 Å². The van der Waals surface area contributed by atoms with Crippen LogP contribution in [0.3, 0.4) is 0 Å². The zero-order valence-corrected chi connectivity index (χ0v) is 16.7. The summed E-state index contributed by atoms with van der Waals surface area (Å²) in [4.78, 5) is 0. The molecule has 0 bridgehead atoms. The normalized spacial score (nSPS) is 18.6.